The zero-order valence-corrected chi connectivity index (χ0v) is 14.4. The van der Waals surface area contributed by atoms with Crippen molar-refractivity contribution in [3.8, 4) is 0 Å². The maximum Gasteiger partial charge on any atom is 0.0595 e. The maximum absolute atomic E-state index is 6.25. The van der Waals surface area contributed by atoms with Gasteiger partial charge in [-0.25, -0.2) is 0 Å². The molecular weight excluding hydrogens is 301 g/mol. The van der Waals surface area contributed by atoms with Crippen LogP contribution in [0.2, 0.25) is 10.0 Å². The molecule has 0 N–H and O–H groups in total. The van der Waals surface area contributed by atoms with E-state index in [4.69, 9.17) is 23.2 Å². The van der Waals surface area contributed by atoms with E-state index in [1.54, 1.807) is 0 Å². The Bertz CT molecular complexity index is 490. The van der Waals surface area contributed by atoms with Crippen molar-refractivity contribution < 1.29 is 0 Å². The van der Waals surface area contributed by atoms with Crippen molar-refractivity contribution in [1.29, 1.82) is 0 Å². The molecule has 0 heterocycles. The summed E-state index contributed by atoms with van der Waals surface area (Å²) in [5.41, 5.74) is 1.55. The van der Waals surface area contributed by atoms with Gasteiger partial charge in [-0.2, -0.15) is 0 Å². The van der Waals surface area contributed by atoms with Gasteiger partial charge in [-0.1, -0.05) is 48.5 Å². The summed E-state index contributed by atoms with van der Waals surface area (Å²) in [6.07, 6.45) is 10.9. The largest absolute Gasteiger partial charge is 0.296 e. The van der Waals surface area contributed by atoms with Gasteiger partial charge < -0.3 is 0 Å². The number of rotatable bonds is 4. The minimum Gasteiger partial charge on any atom is -0.296 e. The van der Waals surface area contributed by atoms with Gasteiger partial charge in [0, 0.05) is 12.1 Å². The lowest BCUT2D eigenvalue weighted by Crippen LogP contribution is -2.50. The third kappa shape index (κ3) is 3.11. The van der Waals surface area contributed by atoms with Gasteiger partial charge in [-0.15, -0.1) is 0 Å². The molecule has 0 amide bonds. The molecule has 0 aliphatic heterocycles. The number of hydrogen-bond donors (Lipinski definition) is 0. The summed E-state index contributed by atoms with van der Waals surface area (Å²) in [5, 5.41) is 1.34. The first-order valence-electron chi connectivity index (χ1n) is 8.28. The summed E-state index contributed by atoms with van der Waals surface area (Å²) in [6, 6.07) is 6.21. The third-order valence-electron chi connectivity index (χ3n) is 5.63. The Morgan fingerprint density at radius 2 is 1.76 bits per heavy atom. The number of benzene rings is 1. The van der Waals surface area contributed by atoms with Crippen LogP contribution in [0, 0.1) is 5.92 Å². The van der Waals surface area contributed by atoms with E-state index in [1.807, 2.05) is 6.07 Å². The fraction of sp³-hybridized carbons (Fsp3) is 0.667. The van der Waals surface area contributed by atoms with Crippen molar-refractivity contribution >= 4 is 23.2 Å². The molecule has 2 aliphatic carbocycles. The molecule has 0 unspecified atom stereocenters. The minimum absolute atomic E-state index is 0.200. The molecule has 0 saturated heterocycles. The molecule has 1 nitrogen and oxygen atoms in total. The van der Waals surface area contributed by atoms with Crippen LogP contribution in [0.15, 0.2) is 18.2 Å². The lowest BCUT2D eigenvalue weighted by Gasteiger charge is -2.50. The van der Waals surface area contributed by atoms with E-state index in [0.717, 1.165) is 5.92 Å². The fourth-order valence-corrected chi connectivity index (χ4v) is 4.42. The Balaban J connectivity index is 1.76. The topological polar surface area (TPSA) is 3.24 Å². The Kier molecular flexibility index (Phi) is 4.83. The second kappa shape index (κ2) is 6.48. The molecule has 116 valence electrons. The van der Waals surface area contributed by atoms with E-state index >= 15 is 0 Å². The predicted octanol–water partition coefficient (Wildman–Crippen LogP) is 5.88. The molecule has 0 spiro atoms. The van der Waals surface area contributed by atoms with Gasteiger partial charge >= 0.3 is 0 Å². The first-order chi connectivity index (χ1) is 10.1. The predicted molar refractivity (Wildman–Crippen MR) is 91.2 cm³/mol. The van der Waals surface area contributed by atoms with E-state index in [1.165, 1.54) is 63.5 Å². The van der Waals surface area contributed by atoms with Crippen LogP contribution in [0.5, 0.6) is 0 Å². The summed E-state index contributed by atoms with van der Waals surface area (Å²) in [4.78, 5) is 2.60. The maximum atomic E-state index is 6.25. The van der Waals surface area contributed by atoms with Crippen molar-refractivity contribution in [3.05, 3.63) is 33.8 Å². The fourth-order valence-electron chi connectivity index (χ4n) is 4.12. The molecule has 2 aliphatic rings. The van der Waals surface area contributed by atoms with Gasteiger partial charge in [0.2, 0.25) is 0 Å². The van der Waals surface area contributed by atoms with Gasteiger partial charge in [-0.05, 0) is 62.8 Å². The molecule has 0 atom stereocenters. The molecule has 21 heavy (non-hydrogen) atoms. The van der Waals surface area contributed by atoms with E-state index in [-0.39, 0.29) is 5.54 Å². The summed E-state index contributed by atoms with van der Waals surface area (Å²) < 4.78 is 0. The molecule has 3 heteroatoms. The van der Waals surface area contributed by atoms with Crippen LogP contribution in [0.3, 0.4) is 0 Å². The average molecular weight is 326 g/mol. The van der Waals surface area contributed by atoms with E-state index < -0.39 is 0 Å². The van der Waals surface area contributed by atoms with E-state index in [0.29, 0.717) is 10.0 Å². The lowest BCUT2D eigenvalue weighted by atomic mass is 9.70. The summed E-state index contributed by atoms with van der Waals surface area (Å²) in [5.74, 6) is 0.879. The van der Waals surface area contributed by atoms with Crippen LogP contribution >= 0.6 is 23.2 Å². The summed E-state index contributed by atoms with van der Waals surface area (Å²) in [6.45, 7) is 1.22. The Morgan fingerprint density at radius 1 is 1.05 bits per heavy atom. The number of nitrogens with zero attached hydrogens (tertiary/aromatic N) is 1. The smallest absolute Gasteiger partial charge is 0.0595 e. The van der Waals surface area contributed by atoms with Gasteiger partial charge in [0.05, 0.1) is 10.0 Å². The second-order valence-electron chi connectivity index (χ2n) is 6.90. The molecule has 1 aromatic carbocycles. The Labute approximate surface area is 138 Å². The highest BCUT2D eigenvalue weighted by Crippen LogP contribution is 2.47. The minimum atomic E-state index is 0.200. The molecule has 1 aromatic rings. The summed E-state index contributed by atoms with van der Waals surface area (Å²) >= 11 is 12.3. The van der Waals surface area contributed by atoms with Crippen LogP contribution in [-0.2, 0) is 5.54 Å². The highest BCUT2D eigenvalue weighted by molar-refractivity contribution is 6.42. The Hall–Kier alpha value is -0.240. The molecule has 2 fully saturated rings. The van der Waals surface area contributed by atoms with Crippen molar-refractivity contribution in [3.63, 3.8) is 0 Å². The Morgan fingerprint density at radius 3 is 2.33 bits per heavy atom. The standard InChI is InChI=1S/C18H25Cl2N/c1-21(13-14-6-3-2-4-7-14)18(10-5-11-18)15-8-9-16(19)17(20)12-15/h8-9,12,14H,2-7,10-11,13H2,1H3. The monoisotopic (exact) mass is 325 g/mol. The van der Waals surface area contributed by atoms with Crippen molar-refractivity contribution in [2.45, 2.75) is 56.9 Å². The van der Waals surface area contributed by atoms with Crippen molar-refractivity contribution in [1.82, 2.24) is 4.90 Å². The quantitative estimate of drug-likeness (QED) is 0.667. The van der Waals surface area contributed by atoms with Crippen LogP contribution in [0.1, 0.15) is 56.9 Å². The number of halogens is 2. The highest BCUT2D eigenvalue weighted by Gasteiger charge is 2.42. The van der Waals surface area contributed by atoms with Crippen molar-refractivity contribution in [2.24, 2.45) is 5.92 Å². The molecule has 0 bridgehead atoms. The molecule has 0 aromatic heterocycles. The van der Waals surface area contributed by atoms with Gasteiger partial charge in [0.1, 0.15) is 0 Å². The molecule has 0 radical (unpaired) electrons. The van der Waals surface area contributed by atoms with Crippen LogP contribution < -0.4 is 0 Å². The summed E-state index contributed by atoms with van der Waals surface area (Å²) in [7, 11) is 2.30. The van der Waals surface area contributed by atoms with Gasteiger partial charge in [-0.3, -0.25) is 4.90 Å². The third-order valence-corrected chi connectivity index (χ3v) is 6.36. The normalized spacial score (nSPS) is 22.3. The van der Waals surface area contributed by atoms with Crippen LogP contribution in [0.25, 0.3) is 0 Å². The first kappa shape index (κ1) is 15.6. The lowest BCUT2D eigenvalue weighted by molar-refractivity contribution is 0.0178. The highest BCUT2D eigenvalue weighted by atomic mass is 35.5. The second-order valence-corrected chi connectivity index (χ2v) is 7.71. The van der Waals surface area contributed by atoms with Crippen LogP contribution in [-0.4, -0.2) is 18.5 Å². The van der Waals surface area contributed by atoms with Gasteiger partial charge in [0.15, 0.2) is 0 Å². The number of hydrogen-bond acceptors (Lipinski definition) is 1. The van der Waals surface area contributed by atoms with Crippen molar-refractivity contribution in [2.75, 3.05) is 13.6 Å². The average Bonchev–Trinajstić information content (AvgIpc) is 2.42. The van der Waals surface area contributed by atoms with Crippen LogP contribution in [0.4, 0.5) is 0 Å². The first-order valence-corrected chi connectivity index (χ1v) is 9.04. The zero-order valence-electron chi connectivity index (χ0n) is 12.9. The zero-order chi connectivity index (χ0) is 14.9. The van der Waals surface area contributed by atoms with E-state index in [9.17, 15) is 0 Å². The molecular formula is C18H25Cl2N. The SMILES string of the molecule is CN(CC1CCCCC1)C1(c2ccc(Cl)c(Cl)c2)CCC1. The molecule has 3 rings (SSSR count). The molecule has 2 saturated carbocycles. The van der Waals surface area contributed by atoms with E-state index in [2.05, 4.69) is 24.1 Å². The van der Waals surface area contributed by atoms with Gasteiger partial charge in [0.25, 0.3) is 0 Å².